The number of thiophene rings is 2. The monoisotopic (exact) mass is 459 g/mol. The zero-order chi connectivity index (χ0) is 21.1. The van der Waals surface area contributed by atoms with Crippen molar-refractivity contribution in [3.8, 4) is 0 Å². The smallest absolute Gasteiger partial charge is 0.272 e. The molecule has 3 aromatic heterocycles. The van der Waals surface area contributed by atoms with Gasteiger partial charge in [0.2, 0.25) is 5.91 Å². The average Bonchev–Trinajstić information content (AvgIpc) is 3.43. The van der Waals surface area contributed by atoms with Crippen molar-refractivity contribution in [3.05, 3.63) is 74.3 Å². The predicted octanol–water partition coefficient (Wildman–Crippen LogP) is 4.66. The van der Waals surface area contributed by atoms with Crippen molar-refractivity contribution in [2.24, 2.45) is 0 Å². The van der Waals surface area contributed by atoms with E-state index in [1.165, 1.54) is 45.0 Å². The first-order chi connectivity index (χ1) is 14.5. The highest BCUT2D eigenvalue weighted by atomic mass is 32.2. The summed E-state index contributed by atoms with van der Waals surface area (Å²) < 4.78 is 15.4. The van der Waals surface area contributed by atoms with E-state index in [1.54, 1.807) is 35.1 Å². The number of benzene rings is 1. The summed E-state index contributed by atoms with van der Waals surface area (Å²) in [5.74, 6) is -0.386. The molecule has 0 radical (unpaired) electrons. The molecule has 5 nitrogen and oxygen atoms in total. The van der Waals surface area contributed by atoms with Gasteiger partial charge in [-0.05, 0) is 53.6 Å². The largest absolute Gasteiger partial charge is 0.315 e. The topological polar surface area (TPSA) is 55.2 Å². The fourth-order valence-electron chi connectivity index (χ4n) is 2.94. The minimum absolute atomic E-state index is 0.0756. The van der Waals surface area contributed by atoms with Gasteiger partial charge in [-0.15, -0.1) is 22.7 Å². The number of aryl methyl sites for hydroxylation is 1. The Bertz CT molecular complexity index is 1220. The lowest BCUT2D eigenvalue weighted by Crippen LogP contribution is -2.29. The van der Waals surface area contributed by atoms with E-state index in [1.807, 2.05) is 29.0 Å². The minimum atomic E-state index is -0.350. The Kier molecular flexibility index (Phi) is 6.31. The molecular weight excluding hydrogens is 441 g/mol. The standard InChI is InChI=1S/C21H18FN3O2S3/c1-24(15-6-4-14(22)5-7-15)18(26)13-30-21-23-17-9-12-29-19(17)20(27)25(21)10-8-16-3-2-11-28-16/h2-7,9,11-12H,8,10,13H2,1H3. The van der Waals surface area contributed by atoms with Gasteiger partial charge in [0.25, 0.3) is 5.56 Å². The van der Waals surface area contributed by atoms with Gasteiger partial charge < -0.3 is 4.90 Å². The highest BCUT2D eigenvalue weighted by Gasteiger charge is 2.17. The normalized spacial score (nSPS) is 11.1. The SMILES string of the molecule is CN(C(=O)CSc1nc2ccsc2c(=O)n1CCc1cccs1)c1ccc(F)cc1. The Morgan fingerprint density at radius 3 is 2.70 bits per heavy atom. The molecule has 9 heteroatoms. The summed E-state index contributed by atoms with van der Waals surface area (Å²) >= 11 is 4.28. The first kappa shape index (κ1) is 20.8. The van der Waals surface area contributed by atoms with Gasteiger partial charge in [-0.1, -0.05) is 17.8 Å². The summed E-state index contributed by atoms with van der Waals surface area (Å²) in [5.41, 5.74) is 1.19. The van der Waals surface area contributed by atoms with Crippen LogP contribution in [-0.4, -0.2) is 28.3 Å². The molecule has 0 spiro atoms. The van der Waals surface area contributed by atoms with E-state index in [0.717, 1.165) is 6.42 Å². The predicted molar refractivity (Wildman–Crippen MR) is 122 cm³/mol. The molecule has 0 aliphatic carbocycles. The Hall–Kier alpha value is -2.49. The van der Waals surface area contributed by atoms with Crippen LogP contribution >= 0.6 is 34.4 Å². The zero-order valence-electron chi connectivity index (χ0n) is 16.1. The minimum Gasteiger partial charge on any atom is -0.315 e. The molecule has 0 aliphatic heterocycles. The van der Waals surface area contributed by atoms with Crippen molar-refractivity contribution >= 4 is 56.2 Å². The number of nitrogens with zero attached hydrogens (tertiary/aromatic N) is 3. The summed E-state index contributed by atoms with van der Waals surface area (Å²) in [7, 11) is 1.65. The Morgan fingerprint density at radius 2 is 1.97 bits per heavy atom. The van der Waals surface area contributed by atoms with Gasteiger partial charge in [-0.2, -0.15) is 0 Å². The molecule has 0 saturated carbocycles. The number of carbonyl (C=O) groups is 1. The zero-order valence-corrected chi connectivity index (χ0v) is 18.5. The number of fused-ring (bicyclic) bond motifs is 1. The number of thioether (sulfide) groups is 1. The number of hydrogen-bond acceptors (Lipinski definition) is 6. The Labute approximate surface area is 184 Å². The second-order valence-electron chi connectivity index (χ2n) is 6.53. The van der Waals surface area contributed by atoms with E-state index in [4.69, 9.17) is 0 Å². The average molecular weight is 460 g/mol. The molecule has 1 amide bonds. The van der Waals surface area contributed by atoms with Crippen LogP contribution in [0, 0.1) is 5.82 Å². The maximum Gasteiger partial charge on any atom is 0.272 e. The van der Waals surface area contributed by atoms with Crippen molar-refractivity contribution < 1.29 is 9.18 Å². The van der Waals surface area contributed by atoms with Gasteiger partial charge >= 0.3 is 0 Å². The third-order valence-corrected chi connectivity index (χ3v) is 7.39. The van der Waals surface area contributed by atoms with E-state index >= 15 is 0 Å². The lowest BCUT2D eigenvalue weighted by Gasteiger charge is -2.17. The van der Waals surface area contributed by atoms with Gasteiger partial charge in [-0.3, -0.25) is 14.2 Å². The molecule has 0 bridgehead atoms. The number of halogens is 1. The van der Waals surface area contributed by atoms with E-state index in [-0.39, 0.29) is 23.0 Å². The maximum atomic E-state index is 13.1. The van der Waals surface area contributed by atoms with Crippen LogP contribution in [0.2, 0.25) is 0 Å². The van der Waals surface area contributed by atoms with Crippen LogP contribution in [0.25, 0.3) is 10.2 Å². The number of anilines is 1. The molecule has 0 N–H and O–H groups in total. The van der Waals surface area contributed by atoms with Crippen LogP contribution in [0.1, 0.15) is 4.88 Å². The number of aromatic nitrogens is 2. The third-order valence-electron chi connectivity index (χ3n) is 4.61. The number of hydrogen-bond donors (Lipinski definition) is 0. The molecule has 0 unspecified atom stereocenters. The quantitative estimate of drug-likeness (QED) is 0.298. The molecule has 0 atom stereocenters. The molecule has 0 aliphatic rings. The van der Waals surface area contributed by atoms with Crippen LogP contribution in [0.4, 0.5) is 10.1 Å². The fraction of sp³-hybridized carbons (Fsp3) is 0.190. The molecular formula is C21H18FN3O2S3. The summed E-state index contributed by atoms with van der Waals surface area (Å²) in [6.45, 7) is 0.504. The Morgan fingerprint density at radius 1 is 1.17 bits per heavy atom. The lowest BCUT2D eigenvalue weighted by molar-refractivity contribution is -0.115. The van der Waals surface area contributed by atoms with Crippen molar-refractivity contribution in [1.82, 2.24) is 9.55 Å². The number of rotatable bonds is 7. The van der Waals surface area contributed by atoms with Crippen LogP contribution in [0.15, 0.2) is 63.2 Å². The highest BCUT2D eigenvalue weighted by Crippen LogP contribution is 2.23. The van der Waals surface area contributed by atoms with Gasteiger partial charge in [0, 0.05) is 24.2 Å². The van der Waals surface area contributed by atoms with Crippen LogP contribution in [0.5, 0.6) is 0 Å². The van der Waals surface area contributed by atoms with Crippen LogP contribution in [0.3, 0.4) is 0 Å². The van der Waals surface area contributed by atoms with E-state index < -0.39 is 0 Å². The van der Waals surface area contributed by atoms with Gasteiger partial charge in [0.1, 0.15) is 10.5 Å². The molecule has 0 saturated heterocycles. The van der Waals surface area contributed by atoms with Crippen LogP contribution in [-0.2, 0) is 17.8 Å². The number of amides is 1. The summed E-state index contributed by atoms with van der Waals surface area (Å²) in [4.78, 5) is 32.9. The molecule has 154 valence electrons. The maximum absolute atomic E-state index is 13.1. The molecule has 4 aromatic rings. The van der Waals surface area contributed by atoms with Gasteiger partial charge in [0.05, 0.1) is 11.3 Å². The van der Waals surface area contributed by atoms with Crippen molar-refractivity contribution in [1.29, 1.82) is 0 Å². The van der Waals surface area contributed by atoms with Crippen molar-refractivity contribution in [2.45, 2.75) is 18.1 Å². The van der Waals surface area contributed by atoms with Gasteiger partial charge in [-0.25, -0.2) is 9.37 Å². The van der Waals surface area contributed by atoms with E-state index in [9.17, 15) is 14.0 Å². The van der Waals surface area contributed by atoms with E-state index in [0.29, 0.717) is 27.6 Å². The van der Waals surface area contributed by atoms with Crippen molar-refractivity contribution in [2.75, 3.05) is 17.7 Å². The molecule has 3 heterocycles. The summed E-state index contributed by atoms with van der Waals surface area (Å²) in [5, 5.41) is 4.39. The second-order valence-corrected chi connectivity index (χ2v) is 9.42. The summed E-state index contributed by atoms with van der Waals surface area (Å²) in [6, 6.07) is 11.6. The third kappa shape index (κ3) is 4.48. The molecule has 1 aromatic carbocycles. The highest BCUT2D eigenvalue weighted by molar-refractivity contribution is 7.99. The first-order valence-corrected chi connectivity index (χ1v) is 11.9. The van der Waals surface area contributed by atoms with Crippen molar-refractivity contribution in [3.63, 3.8) is 0 Å². The Balaban J connectivity index is 1.54. The fourth-order valence-corrected chi connectivity index (χ4v) is 5.36. The molecule has 4 rings (SSSR count). The second kappa shape index (κ2) is 9.11. The lowest BCUT2D eigenvalue weighted by atomic mass is 10.3. The molecule has 0 fully saturated rings. The number of carbonyl (C=O) groups excluding carboxylic acids is 1. The van der Waals surface area contributed by atoms with Gasteiger partial charge in [0.15, 0.2) is 5.16 Å². The first-order valence-electron chi connectivity index (χ1n) is 9.18. The molecule has 30 heavy (non-hydrogen) atoms. The van der Waals surface area contributed by atoms with Crippen LogP contribution < -0.4 is 10.5 Å². The van der Waals surface area contributed by atoms with E-state index in [2.05, 4.69) is 4.98 Å². The summed E-state index contributed by atoms with van der Waals surface area (Å²) in [6.07, 6.45) is 0.729.